The lowest BCUT2D eigenvalue weighted by molar-refractivity contribution is -0.147. The van der Waals surface area contributed by atoms with Crippen LogP contribution in [0.1, 0.15) is 19.3 Å². The van der Waals surface area contributed by atoms with Crippen LogP contribution in [0.5, 0.6) is 0 Å². The standard InChI is InChI=1S/C8H13NO2/c1-11-7(10)8-3-2-6(4-8)5-9-8/h6,9H,2-5H2,1H3. The predicted molar refractivity (Wildman–Crippen MR) is 40.1 cm³/mol. The SMILES string of the molecule is COC(=O)C12CCC(CN1)C2. The van der Waals surface area contributed by atoms with Crippen LogP contribution in [0.25, 0.3) is 0 Å². The first-order valence-electron chi connectivity index (χ1n) is 4.10. The predicted octanol–water partition coefficient (Wildman–Crippen LogP) is 0.301. The number of nitrogens with one attached hydrogen (secondary N) is 1. The summed E-state index contributed by atoms with van der Waals surface area (Å²) in [5.74, 6) is 0.645. The average molecular weight is 155 g/mol. The summed E-state index contributed by atoms with van der Waals surface area (Å²) in [6, 6.07) is 0. The quantitative estimate of drug-likeness (QED) is 0.553. The van der Waals surface area contributed by atoms with Crippen LogP contribution in [-0.2, 0) is 9.53 Å². The molecular weight excluding hydrogens is 142 g/mol. The van der Waals surface area contributed by atoms with E-state index >= 15 is 0 Å². The van der Waals surface area contributed by atoms with Crippen molar-refractivity contribution in [3.63, 3.8) is 0 Å². The summed E-state index contributed by atoms with van der Waals surface area (Å²) < 4.78 is 4.75. The van der Waals surface area contributed by atoms with Crippen molar-refractivity contribution >= 4 is 5.97 Å². The molecule has 0 spiro atoms. The van der Waals surface area contributed by atoms with Gasteiger partial charge in [0.1, 0.15) is 5.54 Å². The van der Waals surface area contributed by atoms with Gasteiger partial charge < -0.3 is 10.1 Å². The van der Waals surface area contributed by atoms with Crippen LogP contribution < -0.4 is 5.32 Å². The summed E-state index contributed by atoms with van der Waals surface area (Å²) in [7, 11) is 1.46. The third kappa shape index (κ3) is 0.872. The molecule has 2 fully saturated rings. The van der Waals surface area contributed by atoms with Gasteiger partial charge in [-0.3, -0.25) is 4.79 Å². The van der Waals surface area contributed by atoms with Crippen molar-refractivity contribution in [3.05, 3.63) is 0 Å². The zero-order valence-electron chi connectivity index (χ0n) is 6.72. The zero-order valence-corrected chi connectivity index (χ0v) is 6.72. The molecule has 1 heterocycles. The first kappa shape index (κ1) is 7.10. The molecule has 3 heteroatoms. The summed E-state index contributed by atoms with van der Waals surface area (Å²) in [6.07, 6.45) is 3.13. The molecule has 0 aromatic rings. The van der Waals surface area contributed by atoms with E-state index in [1.165, 1.54) is 13.5 Å². The van der Waals surface area contributed by atoms with Crippen LogP contribution in [0.3, 0.4) is 0 Å². The number of ether oxygens (including phenoxy) is 1. The number of piperidine rings is 1. The second kappa shape index (κ2) is 2.21. The molecule has 2 aliphatic rings. The van der Waals surface area contributed by atoms with Gasteiger partial charge in [0.25, 0.3) is 0 Å². The maximum atomic E-state index is 11.3. The van der Waals surface area contributed by atoms with Crippen LogP contribution in [0.4, 0.5) is 0 Å². The Morgan fingerprint density at radius 3 is 2.91 bits per heavy atom. The van der Waals surface area contributed by atoms with Crippen molar-refractivity contribution in [3.8, 4) is 0 Å². The van der Waals surface area contributed by atoms with Crippen LogP contribution in [0, 0.1) is 5.92 Å². The lowest BCUT2D eigenvalue weighted by atomic mass is 10.00. The van der Waals surface area contributed by atoms with Crippen molar-refractivity contribution < 1.29 is 9.53 Å². The minimum Gasteiger partial charge on any atom is -0.468 e. The van der Waals surface area contributed by atoms with Gasteiger partial charge in [-0.05, 0) is 31.7 Å². The van der Waals surface area contributed by atoms with E-state index in [9.17, 15) is 4.79 Å². The number of esters is 1. The summed E-state index contributed by atoms with van der Waals surface area (Å²) in [6.45, 7) is 0.995. The summed E-state index contributed by atoms with van der Waals surface area (Å²) >= 11 is 0. The van der Waals surface area contributed by atoms with Gasteiger partial charge >= 0.3 is 5.97 Å². The summed E-state index contributed by atoms with van der Waals surface area (Å²) in [4.78, 5) is 11.3. The highest BCUT2D eigenvalue weighted by molar-refractivity contribution is 5.81. The lowest BCUT2D eigenvalue weighted by Crippen LogP contribution is -2.48. The van der Waals surface area contributed by atoms with E-state index in [0.717, 1.165) is 19.4 Å². The van der Waals surface area contributed by atoms with Gasteiger partial charge in [-0.1, -0.05) is 0 Å². The monoisotopic (exact) mass is 155 g/mol. The molecule has 62 valence electrons. The van der Waals surface area contributed by atoms with Crippen LogP contribution in [0.2, 0.25) is 0 Å². The maximum Gasteiger partial charge on any atom is 0.326 e. The normalized spacial score (nSPS) is 41.0. The van der Waals surface area contributed by atoms with Gasteiger partial charge in [0, 0.05) is 0 Å². The Balaban J connectivity index is 2.16. The molecule has 1 N–H and O–H groups in total. The largest absolute Gasteiger partial charge is 0.468 e. The van der Waals surface area contributed by atoms with E-state index in [0.29, 0.717) is 5.92 Å². The molecule has 11 heavy (non-hydrogen) atoms. The second-order valence-corrected chi connectivity index (χ2v) is 3.56. The lowest BCUT2D eigenvalue weighted by Gasteiger charge is -2.23. The van der Waals surface area contributed by atoms with Crippen molar-refractivity contribution in [2.45, 2.75) is 24.8 Å². The molecule has 1 aliphatic heterocycles. The number of hydrogen-bond donors (Lipinski definition) is 1. The molecule has 0 amide bonds. The van der Waals surface area contributed by atoms with Gasteiger partial charge in [-0.25, -0.2) is 0 Å². The van der Waals surface area contributed by atoms with E-state index in [1.807, 2.05) is 0 Å². The molecule has 2 bridgehead atoms. The average Bonchev–Trinajstić information content (AvgIpc) is 2.62. The summed E-state index contributed by atoms with van der Waals surface area (Å²) in [5.41, 5.74) is -0.292. The Morgan fingerprint density at radius 1 is 1.73 bits per heavy atom. The molecule has 0 radical (unpaired) electrons. The first-order chi connectivity index (χ1) is 5.27. The fourth-order valence-electron chi connectivity index (χ4n) is 2.27. The smallest absolute Gasteiger partial charge is 0.326 e. The van der Waals surface area contributed by atoms with Crippen molar-refractivity contribution in [2.24, 2.45) is 5.92 Å². The van der Waals surface area contributed by atoms with Gasteiger partial charge in [-0.15, -0.1) is 0 Å². The number of carbonyl (C=O) groups excluding carboxylic acids is 1. The Kier molecular flexibility index (Phi) is 1.42. The Labute approximate surface area is 66.1 Å². The Hall–Kier alpha value is -0.570. The van der Waals surface area contributed by atoms with E-state index < -0.39 is 0 Å². The van der Waals surface area contributed by atoms with E-state index in [1.54, 1.807) is 0 Å². The summed E-state index contributed by atoms with van der Waals surface area (Å²) in [5, 5.41) is 3.25. The number of methoxy groups -OCH3 is 1. The third-order valence-corrected chi connectivity index (χ3v) is 2.92. The fraction of sp³-hybridized carbons (Fsp3) is 0.875. The Morgan fingerprint density at radius 2 is 2.55 bits per heavy atom. The molecule has 1 saturated carbocycles. The molecule has 0 aromatic heterocycles. The highest BCUT2D eigenvalue weighted by atomic mass is 16.5. The molecule has 2 unspecified atom stereocenters. The minimum atomic E-state index is -0.292. The van der Waals surface area contributed by atoms with Gasteiger partial charge in [0.2, 0.25) is 0 Å². The second-order valence-electron chi connectivity index (χ2n) is 3.56. The molecule has 1 saturated heterocycles. The van der Waals surface area contributed by atoms with Crippen LogP contribution in [-0.4, -0.2) is 25.2 Å². The van der Waals surface area contributed by atoms with E-state index in [2.05, 4.69) is 5.32 Å². The number of rotatable bonds is 1. The van der Waals surface area contributed by atoms with Gasteiger partial charge in [0.05, 0.1) is 7.11 Å². The molecule has 0 aromatic carbocycles. The van der Waals surface area contributed by atoms with Crippen LogP contribution in [0.15, 0.2) is 0 Å². The molecule has 1 aliphatic carbocycles. The van der Waals surface area contributed by atoms with Crippen molar-refractivity contribution in [2.75, 3.05) is 13.7 Å². The highest BCUT2D eigenvalue weighted by Gasteiger charge is 2.50. The fourth-order valence-corrected chi connectivity index (χ4v) is 2.27. The first-order valence-corrected chi connectivity index (χ1v) is 4.10. The molecule has 3 nitrogen and oxygen atoms in total. The minimum absolute atomic E-state index is 0.0718. The van der Waals surface area contributed by atoms with Crippen molar-refractivity contribution in [1.29, 1.82) is 0 Å². The highest BCUT2D eigenvalue weighted by Crippen LogP contribution is 2.40. The van der Waals surface area contributed by atoms with E-state index in [4.69, 9.17) is 4.74 Å². The van der Waals surface area contributed by atoms with E-state index in [-0.39, 0.29) is 11.5 Å². The van der Waals surface area contributed by atoms with Gasteiger partial charge in [0.15, 0.2) is 0 Å². The molecule has 2 atom stereocenters. The number of carbonyl (C=O) groups is 1. The van der Waals surface area contributed by atoms with Gasteiger partial charge in [-0.2, -0.15) is 0 Å². The van der Waals surface area contributed by atoms with Crippen LogP contribution >= 0.6 is 0 Å². The number of hydrogen-bond acceptors (Lipinski definition) is 3. The Bertz CT molecular complexity index is 183. The molecular formula is C8H13NO2. The third-order valence-electron chi connectivity index (χ3n) is 2.92. The topological polar surface area (TPSA) is 38.3 Å². The van der Waals surface area contributed by atoms with Crippen molar-refractivity contribution in [1.82, 2.24) is 5.32 Å². The maximum absolute atomic E-state index is 11.3. The number of fused-ring (bicyclic) bond motifs is 2. The molecule has 2 rings (SSSR count). The zero-order chi connectivity index (χ0) is 7.90.